The van der Waals surface area contributed by atoms with Crippen LogP contribution in [0.5, 0.6) is 0 Å². The highest BCUT2D eigenvalue weighted by molar-refractivity contribution is 5.80. The molecule has 0 aliphatic carbocycles. The van der Waals surface area contributed by atoms with Crippen LogP contribution in [-0.2, 0) is 4.79 Å². The van der Waals surface area contributed by atoms with Crippen molar-refractivity contribution < 1.29 is 20.1 Å². The Bertz CT molecular complexity index is 496. The molecule has 2 atom stereocenters. The summed E-state index contributed by atoms with van der Waals surface area (Å²) in [6, 6.07) is 2.23. The van der Waals surface area contributed by atoms with Crippen molar-refractivity contribution in [2.45, 2.75) is 18.6 Å². The second kappa shape index (κ2) is 5.93. The number of nitrogens with zero attached hydrogens (tertiary/aromatic N) is 2. The van der Waals surface area contributed by atoms with Crippen LogP contribution in [0.3, 0.4) is 0 Å². The van der Waals surface area contributed by atoms with E-state index in [0.29, 0.717) is 36.8 Å². The zero-order valence-corrected chi connectivity index (χ0v) is 10.9. The molecule has 8 nitrogen and oxygen atoms in total. The third-order valence-corrected chi connectivity index (χ3v) is 3.23. The number of aliphatic hydroxyl groups is 2. The fraction of sp³-hybridized carbons (Fsp3) is 0.500. The van der Waals surface area contributed by atoms with E-state index < -0.39 is 18.1 Å². The Hall–Kier alpha value is -2.06. The molecule has 1 aromatic rings. The number of pyridine rings is 1. The standard InChI is InChI=1S/C12H18N4O4/c13-7-1-2-9(15-11(7)14-4-6-17)16-5-3-8(18)10(16)12(19)20/h1-2,8,10,17-18H,3-6,13H2,(H,14,15)(H,19,20). The molecular formula is C12H18N4O4. The highest BCUT2D eigenvalue weighted by atomic mass is 16.4. The lowest BCUT2D eigenvalue weighted by molar-refractivity contribution is -0.140. The molecule has 0 saturated carbocycles. The van der Waals surface area contributed by atoms with Crippen molar-refractivity contribution in [3.05, 3.63) is 12.1 Å². The summed E-state index contributed by atoms with van der Waals surface area (Å²) in [6.45, 7) is 0.644. The van der Waals surface area contributed by atoms with E-state index in [-0.39, 0.29) is 6.61 Å². The Balaban J connectivity index is 2.26. The van der Waals surface area contributed by atoms with Crippen LogP contribution in [0, 0.1) is 0 Å². The highest BCUT2D eigenvalue weighted by Gasteiger charge is 2.39. The van der Waals surface area contributed by atoms with Gasteiger partial charge in [0.25, 0.3) is 0 Å². The van der Waals surface area contributed by atoms with Crippen molar-refractivity contribution in [3.63, 3.8) is 0 Å². The summed E-state index contributed by atoms with van der Waals surface area (Å²) in [5.74, 6) is -0.260. The molecule has 0 spiro atoms. The molecule has 110 valence electrons. The van der Waals surface area contributed by atoms with Crippen molar-refractivity contribution >= 4 is 23.3 Å². The van der Waals surface area contributed by atoms with Gasteiger partial charge < -0.3 is 31.3 Å². The summed E-state index contributed by atoms with van der Waals surface area (Å²) in [5, 5.41) is 30.6. The maximum Gasteiger partial charge on any atom is 0.329 e. The number of nitrogen functional groups attached to an aromatic ring is 1. The number of hydrogen-bond donors (Lipinski definition) is 5. The van der Waals surface area contributed by atoms with E-state index in [1.165, 1.54) is 4.90 Å². The normalized spacial score (nSPS) is 22.0. The Labute approximate surface area is 115 Å². The summed E-state index contributed by atoms with van der Waals surface area (Å²) in [6.07, 6.45) is -0.539. The van der Waals surface area contributed by atoms with Crippen LogP contribution >= 0.6 is 0 Å². The SMILES string of the molecule is Nc1ccc(N2CCC(O)C2C(=O)O)nc1NCCO. The van der Waals surface area contributed by atoms with E-state index in [2.05, 4.69) is 10.3 Å². The van der Waals surface area contributed by atoms with Crippen LogP contribution in [0.1, 0.15) is 6.42 Å². The summed E-state index contributed by atoms with van der Waals surface area (Å²) in [5.41, 5.74) is 6.17. The summed E-state index contributed by atoms with van der Waals surface area (Å²) >= 11 is 0. The number of carboxylic acid groups (broad SMARTS) is 1. The summed E-state index contributed by atoms with van der Waals surface area (Å²) in [4.78, 5) is 17.0. The van der Waals surface area contributed by atoms with E-state index in [4.69, 9.17) is 10.8 Å². The summed E-state index contributed by atoms with van der Waals surface area (Å²) in [7, 11) is 0. The summed E-state index contributed by atoms with van der Waals surface area (Å²) < 4.78 is 0. The van der Waals surface area contributed by atoms with Gasteiger partial charge in [0.05, 0.1) is 18.4 Å². The van der Waals surface area contributed by atoms with Gasteiger partial charge in [0.1, 0.15) is 5.82 Å². The second-order valence-corrected chi connectivity index (χ2v) is 4.59. The molecule has 1 fully saturated rings. The van der Waals surface area contributed by atoms with Crippen LogP contribution in [0.15, 0.2) is 12.1 Å². The maximum atomic E-state index is 11.2. The van der Waals surface area contributed by atoms with Gasteiger partial charge in [-0.15, -0.1) is 0 Å². The van der Waals surface area contributed by atoms with E-state index in [1.54, 1.807) is 12.1 Å². The van der Waals surface area contributed by atoms with Crippen molar-refractivity contribution in [3.8, 4) is 0 Å². The minimum Gasteiger partial charge on any atom is -0.480 e. The van der Waals surface area contributed by atoms with Crippen LogP contribution in [-0.4, -0.2) is 58.1 Å². The molecule has 0 aromatic carbocycles. The van der Waals surface area contributed by atoms with Gasteiger partial charge in [0, 0.05) is 13.1 Å². The van der Waals surface area contributed by atoms with Crippen molar-refractivity contribution in [2.24, 2.45) is 0 Å². The number of aliphatic carboxylic acids is 1. The molecular weight excluding hydrogens is 264 g/mol. The molecule has 1 aromatic heterocycles. The predicted octanol–water partition coefficient (Wildman–Crippen LogP) is -0.908. The lowest BCUT2D eigenvalue weighted by Gasteiger charge is -2.24. The molecule has 2 rings (SSSR count). The lowest BCUT2D eigenvalue weighted by Crippen LogP contribution is -2.42. The number of carboxylic acids is 1. The van der Waals surface area contributed by atoms with Gasteiger partial charge in [-0.05, 0) is 18.6 Å². The number of rotatable bonds is 5. The highest BCUT2D eigenvalue weighted by Crippen LogP contribution is 2.27. The molecule has 1 aliphatic rings. The average Bonchev–Trinajstić information content (AvgIpc) is 2.80. The lowest BCUT2D eigenvalue weighted by atomic mass is 10.2. The van der Waals surface area contributed by atoms with Crippen molar-refractivity contribution in [1.29, 1.82) is 0 Å². The van der Waals surface area contributed by atoms with E-state index >= 15 is 0 Å². The van der Waals surface area contributed by atoms with Gasteiger partial charge in [-0.2, -0.15) is 0 Å². The van der Waals surface area contributed by atoms with Crippen LogP contribution in [0.4, 0.5) is 17.3 Å². The number of nitrogens with two attached hydrogens (primary N) is 1. The van der Waals surface area contributed by atoms with E-state index in [1.807, 2.05) is 0 Å². The molecule has 1 saturated heterocycles. The first kappa shape index (κ1) is 14.4. The van der Waals surface area contributed by atoms with E-state index in [9.17, 15) is 15.0 Å². The first-order chi connectivity index (χ1) is 9.54. The number of nitrogens with one attached hydrogen (secondary N) is 1. The number of carbonyl (C=O) groups is 1. The molecule has 0 bridgehead atoms. The topological polar surface area (TPSA) is 132 Å². The van der Waals surface area contributed by atoms with Crippen molar-refractivity contribution in [1.82, 2.24) is 4.98 Å². The fourth-order valence-electron chi connectivity index (χ4n) is 2.27. The number of anilines is 3. The van der Waals surface area contributed by atoms with Gasteiger partial charge in [0.2, 0.25) is 0 Å². The average molecular weight is 282 g/mol. The number of aromatic nitrogens is 1. The quantitative estimate of drug-likeness (QED) is 0.469. The molecule has 0 radical (unpaired) electrons. The smallest absolute Gasteiger partial charge is 0.329 e. The van der Waals surface area contributed by atoms with Gasteiger partial charge in [-0.1, -0.05) is 0 Å². The van der Waals surface area contributed by atoms with E-state index in [0.717, 1.165) is 0 Å². The molecule has 8 heteroatoms. The first-order valence-corrected chi connectivity index (χ1v) is 6.33. The minimum absolute atomic E-state index is 0.0640. The first-order valence-electron chi connectivity index (χ1n) is 6.33. The van der Waals surface area contributed by atoms with Crippen LogP contribution in [0.2, 0.25) is 0 Å². The number of aliphatic hydroxyl groups excluding tert-OH is 2. The van der Waals surface area contributed by atoms with Crippen molar-refractivity contribution in [2.75, 3.05) is 35.6 Å². The molecule has 6 N–H and O–H groups in total. The van der Waals surface area contributed by atoms with Gasteiger partial charge >= 0.3 is 5.97 Å². The Morgan fingerprint density at radius 2 is 2.30 bits per heavy atom. The minimum atomic E-state index is -1.08. The Morgan fingerprint density at radius 3 is 2.95 bits per heavy atom. The largest absolute Gasteiger partial charge is 0.480 e. The van der Waals surface area contributed by atoms with Gasteiger partial charge in [0.15, 0.2) is 11.9 Å². The number of hydrogen-bond acceptors (Lipinski definition) is 7. The fourth-order valence-corrected chi connectivity index (χ4v) is 2.27. The van der Waals surface area contributed by atoms with Gasteiger partial charge in [-0.25, -0.2) is 9.78 Å². The van der Waals surface area contributed by atoms with Gasteiger partial charge in [-0.3, -0.25) is 0 Å². The maximum absolute atomic E-state index is 11.2. The molecule has 2 unspecified atom stereocenters. The molecule has 2 heterocycles. The Kier molecular flexibility index (Phi) is 4.26. The zero-order chi connectivity index (χ0) is 14.7. The third kappa shape index (κ3) is 2.75. The molecule has 20 heavy (non-hydrogen) atoms. The molecule has 1 aliphatic heterocycles. The molecule has 0 amide bonds. The monoisotopic (exact) mass is 282 g/mol. The van der Waals surface area contributed by atoms with Crippen LogP contribution < -0.4 is 16.0 Å². The van der Waals surface area contributed by atoms with Crippen LogP contribution in [0.25, 0.3) is 0 Å². The Morgan fingerprint density at radius 1 is 1.55 bits per heavy atom. The predicted molar refractivity (Wildman–Crippen MR) is 73.6 cm³/mol. The second-order valence-electron chi connectivity index (χ2n) is 4.59. The zero-order valence-electron chi connectivity index (χ0n) is 10.9. The third-order valence-electron chi connectivity index (χ3n) is 3.23.